The molecule has 2 aromatic carbocycles. The minimum Gasteiger partial charge on any atom is -0.355 e. The van der Waals surface area contributed by atoms with Crippen molar-refractivity contribution in [2.75, 3.05) is 13.1 Å². The van der Waals surface area contributed by atoms with Crippen LogP contribution in [0.25, 0.3) is 0 Å². The van der Waals surface area contributed by atoms with Crippen molar-refractivity contribution in [2.24, 2.45) is 0 Å². The van der Waals surface area contributed by atoms with E-state index < -0.39 is 0 Å². The summed E-state index contributed by atoms with van der Waals surface area (Å²) in [7, 11) is 0. The molecule has 138 valence electrons. The molecule has 2 N–H and O–H groups in total. The number of hydrogen-bond donors (Lipinski definition) is 2. The van der Waals surface area contributed by atoms with Crippen molar-refractivity contribution in [3.63, 3.8) is 0 Å². The Morgan fingerprint density at radius 2 is 1.62 bits per heavy atom. The quantitative estimate of drug-likeness (QED) is 0.678. The summed E-state index contributed by atoms with van der Waals surface area (Å²) in [6.07, 6.45) is 0.235. The number of halogens is 2. The Morgan fingerprint density at radius 3 is 2.23 bits per heavy atom. The van der Waals surface area contributed by atoms with Gasteiger partial charge in [-0.1, -0.05) is 53.5 Å². The Bertz CT molecular complexity index is 758. The lowest BCUT2D eigenvalue weighted by Crippen LogP contribution is -2.38. The third kappa shape index (κ3) is 6.15. The first kappa shape index (κ1) is 20.5. The lowest BCUT2D eigenvalue weighted by atomic mass is 9.84. The predicted molar refractivity (Wildman–Crippen MR) is 109 cm³/mol. The molecule has 0 fully saturated rings. The van der Waals surface area contributed by atoms with Crippen molar-refractivity contribution in [1.29, 1.82) is 0 Å². The van der Waals surface area contributed by atoms with Gasteiger partial charge in [-0.05, 0) is 42.0 Å². The molecule has 0 aliphatic heterocycles. The van der Waals surface area contributed by atoms with E-state index in [1.54, 1.807) is 24.3 Å². The molecule has 0 spiro atoms. The van der Waals surface area contributed by atoms with Gasteiger partial charge < -0.3 is 10.6 Å². The number of benzene rings is 2. The zero-order chi connectivity index (χ0) is 19.2. The van der Waals surface area contributed by atoms with E-state index in [1.807, 2.05) is 24.3 Å². The number of amides is 2. The number of carbonyl (C=O) groups is 2. The van der Waals surface area contributed by atoms with Crippen LogP contribution in [0.5, 0.6) is 0 Å². The van der Waals surface area contributed by atoms with E-state index in [-0.39, 0.29) is 23.7 Å². The fourth-order valence-electron chi connectivity index (χ4n) is 2.40. The van der Waals surface area contributed by atoms with Crippen LogP contribution in [0.1, 0.15) is 36.2 Å². The molecule has 2 aromatic rings. The Labute approximate surface area is 167 Å². The van der Waals surface area contributed by atoms with E-state index in [9.17, 15) is 9.59 Å². The molecule has 2 amide bonds. The standard InChI is InChI=1S/C20H22BrClN2O2/c1-20(2,15-5-9-17(22)10-6-15)13-24-18(25)11-12-23-19(26)14-3-7-16(21)8-4-14/h3-10H,11-13H2,1-2H3,(H,23,26)(H,24,25). The van der Waals surface area contributed by atoms with Gasteiger partial charge in [0.1, 0.15) is 0 Å². The molecular weight excluding hydrogens is 416 g/mol. The van der Waals surface area contributed by atoms with Crippen LogP contribution >= 0.6 is 27.5 Å². The van der Waals surface area contributed by atoms with Crippen LogP contribution in [-0.2, 0) is 10.2 Å². The van der Waals surface area contributed by atoms with Gasteiger partial charge in [0, 0.05) is 40.0 Å². The fourth-order valence-corrected chi connectivity index (χ4v) is 2.79. The average Bonchev–Trinajstić information content (AvgIpc) is 2.61. The second-order valence-corrected chi connectivity index (χ2v) is 8.03. The fraction of sp³-hybridized carbons (Fsp3) is 0.300. The molecule has 0 aromatic heterocycles. The summed E-state index contributed by atoms with van der Waals surface area (Å²) in [5, 5.41) is 6.37. The summed E-state index contributed by atoms with van der Waals surface area (Å²) in [6.45, 7) is 4.92. The Morgan fingerprint density at radius 1 is 1.00 bits per heavy atom. The van der Waals surface area contributed by atoms with Crippen LogP contribution < -0.4 is 10.6 Å². The lowest BCUT2D eigenvalue weighted by molar-refractivity contribution is -0.121. The van der Waals surface area contributed by atoms with Crippen molar-refractivity contribution in [1.82, 2.24) is 10.6 Å². The monoisotopic (exact) mass is 436 g/mol. The zero-order valence-corrected chi connectivity index (χ0v) is 17.2. The largest absolute Gasteiger partial charge is 0.355 e. The highest BCUT2D eigenvalue weighted by molar-refractivity contribution is 9.10. The number of rotatable bonds is 7. The normalized spacial score (nSPS) is 11.1. The topological polar surface area (TPSA) is 58.2 Å². The van der Waals surface area contributed by atoms with Gasteiger partial charge >= 0.3 is 0 Å². The molecule has 0 saturated heterocycles. The summed E-state index contributed by atoms with van der Waals surface area (Å²) in [5.74, 6) is -0.282. The molecule has 0 radical (unpaired) electrons. The lowest BCUT2D eigenvalue weighted by Gasteiger charge is -2.25. The van der Waals surface area contributed by atoms with Gasteiger partial charge in [-0.15, -0.1) is 0 Å². The predicted octanol–water partition coefficient (Wildman–Crippen LogP) is 4.32. The molecule has 0 atom stereocenters. The summed E-state index contributed by atoms with van der Waals surface area (Å²) in [6, 6.07) is 14.7. The van der Waals surface area contributed by atoms with Crippen LogP contribution in [-0.4, -0.2) is 24.9 Å². The van der Waals surface area contributed by atoms with Gasteiger partial charge in [0.25, 0.3) is 5.91 Å². The zero-order valence-electron chi connectivity index (χ0n) is 14.8. The Balaban J connectivity index is 1.75. The van der Waals surface area contributed by atoms with Crippen molar-refractivity contribution in [2.45, 2.75) is 25.7 Å². The first-order valence-corrected chi connectivity index (χ1v) is 9.51. The molecular formula is C20H22BrClN2O2. The van der Waals surface area contributed by atoms with Gasteiger partial charge in [-0.3, -0.25) is 9.59 Å². The smallest absolute Gasteiger partial charge is 0.251 e. The van der Waals surface area contributed by atoms with Gasteiger partial charge in [-0.2, -0.15) is 0 Å². The summed E-state index contributed by atoms with van der Waals surface area (Å²) < 4.78 is 0.914. The average molecular weight is 438 g/mol. The van der Waals surface area contributed by atoms with Crippen molar-refractivity contribution in [3.05, 3.63) is 69.2 Å². The maximum absolute atomic E-state index is 12.0. The second kappa shape index (κ2) is 9.19. The van der Waals surface area contributed by atoms with E-state index in [0.29, 0.717) is 23.7 Å². The molecule has 0 aliphatic carbocycles. The molecule has 2 rings (SSSR count). The third-order valence-electron chi connectivity index (χ3n) is 4.10. The Kier molecular flexibility index (Phi) is 7.23. The van der Waals surface area contributed by atoms with E-state index in [4.69, 9.17) is 11.6 Å². The van der Waals surface area contributed by atoms with Crippen LogP contribution in [0.2, 0.25) is 5.02 Å². The highest BCUT2D eigenvalue weighted by Gasteiger charge is 2.21. The summed E-state index contributed by atoms with van der Waals surface area (Å²) in [5.41, 5.74) is 1.46. The maximum atomic E-state index is 12.0. The minimum atomic E-state index is -0.207. The maximum Gasteiger partial charge on any atom is 0.251 e. The van der Waals surface area contributed by atoms with E-state index >= 15 is 0 Å². The molecule has 0 unspecified atom stereocenters. The van der Waals surface area contributed by atoms with E-state index in [1.165, 1.54) is 0 Å². The van der Waals surface area contributed by atoms with Gasteiger partial charge in [0.15, 0.2) is 0 Å². The van der Waals surface area contributed by atoms with Crippen molar-refractivity contribution >= 4 is 39.3 Å². The third-order valence-corrected chi connectivity index (χ3v) is 4.88. The number of nitrogens with one attached hydrogen (secondary N) is 2. The van der Waals surface area contributed by atoms with Crippen LogP contribution in [0.3, 0.4) is 0 Å². The molecule has 0 aliphatic rings. The van der Waals surface area contributed by atoms with Gasteiger partial charge in [0.05, 0.1) is 0 Å². The molecule has 0 bridgehead atoms. The SMILES string of the molecule is CC(C)(CNC(=O)CCNC(=O)c1ccc(Br)cc1)c1ccc(Cl)cc1. The minimum absolute atomic E-state index is 0.0943. The second-order valence-electron chi connectivity index (χ2n) is 6.68. The van der Waals surface area contributed by atoms with E-state index in [0.717, 1.165) is 10.0 Å². The molecule has 4 nitrogen and oxygen atoms in total. The molecule has 0 heterocycles. The molecule has 26 heavy (non-hydrogen) atoms. The van der Waals surface area contributed by atoms with E-state index in [2.05, 4.69) is 40.4 Å². The van der Waals surface area contributed by atoms with Crippen LogP contribution in [0.15, 0.2) is 53.0 Å². The highest BCUT2D eigenvalue weighted by atomic mass is 79.9. The molecule has 0 saturated carbocycles. The van der Waals surface area contributed by atoms with Crippen LogP contribution in [0, 0.1) is 0 Å². The number of carbonyl (C=O) groups excluding carboxylic acids is 2. The Hall–Kier alpha value is -1.85. The summed E-state index contributed by atoms with van der Waals surface area (Å²) in [4.78, 5) is 24.0. The molecule has 6 heteroatoms. The first-order chi connectivity index (χ1) is 12.3. The van der Waals surface area contributed by atoms with Crippen LogP contribution in [0.4, 0.5) is 0 Å². The van der Waals surface area contributed by atoms with Crippen molar-refractivity contribution in [3.8, 4) is 0 Å². The van der Waals surface area contributed by atoms with Gasteiger partial charge in [-0.25, -0.2) is 0 Å². The van der Waals surface area contributed by atoms with Crippen molar-refractivity contribution < 1.29 is 9.59 Å². The number of hydrogen-bond acceptors (Lipinski definition) is 2. The highest BCUT2D eigenvalue weighted by Crippen LogP contribution is 2.23. The first-order valence-electron chi connectivity index (χ1n) is 8.34. The van der Waals surface area contributed by atoms with Gasteiger partial charge in [0.2, 0.25) is 5.91 Å². The summed E-state index contributed by atoms with van der Waals surface area (Å²) >= 11 is 9.25.